The van der Waals surface area contributed by atoms with E-state index in [0.717, 1.165) is 44.9 Å². The monoisotopic (exact) mass is 1010 g/mol. The molecule has 3 N–H and O–H groups in total. The summed E-state index contributed by atoms with van der Waals surface area (Å²) in [7, 11) is 0. The molecule has 1 amide bonds. The van der Waals surface area contributed by atoms with Crippen molar-refractivity contribution in [1.29, 1.82) is 0 Å². The molecule has 0 spiro atoms. The highest BCUT2D eigenvalue weighted by Crippen LogP contribution is 2.18. The molecule has 0 rings (SSSR count). The normalized spacial score (nSPS) is 12.7. The number of nitrogens with one attached hydrogen (secondary N) is 1. The van der Waals surface area contributed by atoms with E-state index in [1.165, 1.54) is 289 Å². The number of amides is 1. The number of hydrogen-bond acceptors (Lipinski definition) is 5. The lowest BCUT2D eigenvalue weighted by Gasteiger charge is -2.20. The molecule has 0 saturated carbocycles. The van der Waals surface area contributed by atoms with Gasteiger partial charge in [-0.05, 0) is 51.4 Å². The van der Waals surface area contributed by atoms with Crippen LogP contribution in [0.1, 0.15) is 361 Å². The topological polar surface area (TPSA) is 95.9 Å². The van der Waals surface area contributed by atoms with Crippen molar-refractivity contribution in [3.05, 3.63) is 24.3 Å². The molecule has 0 bridgehead atoms. The van der Waals surface area contributed by atoms with Gasteiger partial charge in [-0.1, -0.05) is 321 Å². The van der Waals surface area contributed by atoms with Gasteiger partial charge in [-0.3, -0.25) is 9.59 Å². The van der Waals surface area contributed by atoms with Crippen LogP contribution in [-0.2, 0) is 14.3 Å². The summed E-state index contributed by atoms with van der Waals surface area (Å²) in [5, 5.41) is 23.0. The van der Waals surface area contributed by atoms with Crippen molar-refractivity contribution in [1.82, 2.24) is 5.32 Å². The Kier molecular flexibility index (Phi) is 60.5. The number of allylic oxidation sites excluding steroid dienone is 3. The van der Waals surface area contributed by atoms with Gasteiger partial charge in [-0.2, -0.15) is 0 Å². The summed E-state index contributed by atoms with van der Waals surface area (Å²) in [4.78, 5) is 24.4. The molecule has 6 nitrogen and oxygen atoms in total. The minimum Gasteiger partial charge on any atom is -0.466 e. The van der Waals surface area contributed by atoms with Gasteiger partial charge in [0.15, 0.2) is 0 Å². The van der Waals surface area contributed by atoms with Gasteiger partial charge in [-0.15, -0.1) is 0 Å². The van der Waals surface area contributed by atoms with E-state index < -0.39 is 12.1 Å². The van der Waals surface area contributed by atoms with E-state index in [2.05, 4.69) is 31.3 Å². The van der Waals surface area contributed by atoms with E-state index in [-0.39, 0.29) is 18.5 Å². The van der Waals surface area contributed by atoms with Crippen LogP contribution in [0.3, 0.4) is 0 Å². The third-order valence-electron chi connectivity index (χ3n) is 15.2. The van der Waals surface area contributed by atoms with E-state index in [4.69, 9.17) is 4.74 Å². The Hall–Kier alpha value is -1.66. The summed E-state index contributed by atoms with van der Waals surface area (Å²) in [6.45, 7) is 4.86. The van der Waals surface area contributed by atoms with Crippen LogP contribution in [0.4, 0.5) is 0 Å². The summed E-state index contributed by atoms with van der Waals surface area (Å²) >= 11 is 0. The molecule has 0 radical (unpaired) electrons. The van der Waals surface area contributed by atoms with Gasteiger partial charge < -0.3 is 20.3 Å². The number of rotatable bonds is 61. The average Bonchev–Trinajstić information content (AvgIpc) is 3.38. The molecule has 0 aliphatic carbocycles. The van der Waals surface area contributed by atoms with E-state index >= 15 is 0 Å². The highest BCUT2D eigenvalue weighted by molar-refractivity contribution is 5.76. The molecule has 2 unspecified atom stereocenters. The molecule has 0 saturated heterocycles. The fraction of sp³-hybridized carbons (Fsp3) is 0.909. The van der Waals surface area contributed by atoms with Crippen molar-refractivity contribution in [3.63, 3.8) is 0 Å². The molecule has 0 aromatic carbocycles. The number of carbonyl (C=O) groups excluding carboxylic acids is 2. The molecular formula is C66H127NO5. The van der Waals surface area contributed by atoms with Crippen molar-refractivity contribution in [2.45, 2.75) is 373 Å². The molecule has 72 heavy (non-hydrogen) atoms. The summed E-state index contributed by atoms with van der Waals surface area (Å²) in [6, 6.07) is -0.621. The fourth-order valence-electron chi connectivity index (χ4n) is 10.2. The highest BCUT2D eigenvalue weighted by Gasteiger charge is 2.18. The predicted molar refractivity (Wildman–Crippen MR) is 315 cm³/mol. The third kappa shape index (κ3) is 57.6. The van der Waals surface area contributed by atoms with Gasteiger partial charge in [-0.25, -0.2) is 0 Å². The third-order valence-corrected chi connectivity index (χ3v) is 15.2. The standard InChI is InChI=1S/C66H127NO5/c1-3-5-7-9-11-13-39-44-48-52-56-60-66(71)72-61-57-53-49-45-41-38-36-34-32-30-28-26-24-22-20-18-16-14-15-17-19-21-23-25-27-29-31-33-35-37-40-43-47-51-55-59-65(70)67-63(62-68)64(69)58-54-50-46-42-12-10-8-6-4-2/h9,11,54,58,63-64,68-69H,3-8,10,12-53,55-57,59-62H2,1-2H3,(H,67,70)/b11-9-,58-54+. The zero-order valence-electron chi connectivity index (χ0n) is 48.7. The number of esters is 1. The van der Waals surface area contributed by atoms with Crippen LogP contribution in [0, 0.1) is 0 Å². The number of ether oxygens (including phenoxy) is 1. The quantitative estimate of drug-likeness (QED) is 0.0320. The Labute approximate surface area is 450 Å². The van der Waals surface area contributed by atoms with Crippen molar-refractivity contribution in [2.75, 3.05) is 13.2 Å². The van der Waals surface area contributed by atoms with Crippen LogP contribution >= 0.6 is 0 Å². The van der Waals surface area contributed by atoms with E-state index in [9.17, 15) is 19.8 Å². The Balaban J connectivity index is 3.28. The van der Waals surface area contributed by atoms with Crippen LogP contribution in [0.15, 0.2) is 24.3 Å². The maximum atomic E-state index is 12.4. The second kappa shape index (κ2) is 61.9. The number of aliphatic hydroxyl groups excluding tert-OH is 2. The minimum atomic E-state index is -0.837. The van der Waals surface area contributed by atoms with Crippen molar-refractivity contribution in [2.24, 2.45) is 0 Å². The van der Waals surface area contributed by atoms with Crippen molar-refractivity contribution >= 4 is 11.9 Å². The molecule has 0 fully saturated rings. The minimum absolute atomic E-state index is 0.0113. The SMILES string of the molecule is CCCC/C=C\CCCCCCCC(=O)OCCCCCCCCCCCCCCCCCCCCCCCCCCCCCCCCCCCCCC(=O)NC(CO)C(O)/C=C/CCCCCCCCC. The average molecular weight is 1010 g/mol. The fourth-order valence-corrected chi connectivity index (χ4v) is 10.2. The molecule has 0 aliphatic rings. The number of carbonyl (C=O) groups is 2. The number of hydrogen-bond donors (Lipinski definition) is 3. The Bertz CT molecular complexity index is 1120. The highest BCUT2D eigenvalue weighted by atomic mass is 16.5. The lowest BCUT2D eigenvalue weighted by molar-refractivity contribution is -0.143. The molecule has 0 heterocycles. The van der Waals surface area contributed by atoms with Gasteiger partial charge in [0.1, 0.15) is 0 Å². The Morgan fingerprint density at radius 3 is 1.03 bits per heavy atom. The van der Waals surface area contributed by atoms with Crippen LogP contribution in [0.25, 0.3) is 0 Å². The van der Waals surface area contributed by atoms with Gasteiger partial charge in [0.25, 0.3) is 0 Å². The number of aliphatic hydroxyl groups is 2. The van der Waals surface area contributed by atoms with Crippen LogP contribution in [-0.4, -0.2) is 47.4 Å². The van der Waals surface area contributed by atoms with E-state index in [0.29, 0.717) is 19.4 Å². The van der Waals surface area contributed by atoms with E-state index in [1.54, 1.807) is 6.08 Å². The van der Waals surface area contributed by atoms with Crippen molar-refractivity contribution < 1.29 is 24.5 Å². The lowest BCUT2D eigenvalue weighted by atomic mass is 10.0. The smallest absolute Gasteiger partial charge is 0.305 e. The molecule has 6 heteroatoms. The molecule has 0 aromatic heterocycles. The number of unbranched alkanes of at least 4 members (excludes halogenated alkanes) is 48. The van der Waals surface area contributed by atoms with Gasteiger partial charge in [0.2, 0.25) is 5.91 Å². The van der Waals surface area contributed by atoms with Gasteiger partial charge >= 0.3 is 5.97 Å². The summed E-state index contributed by atoms with van der Waals surface area (Å²) in [5.74, 6) is -0.0529. The first kappa shape index (κ1) is 70.3. The predicted octanol–water partition coefficient (Wildman–Crippen LogP) is 20.6. The van der Waals surface area contributed by atoms with Gasteiger partial charge in [0.05, 0.1) is 25.4 Å². The molecule has 426 valence electrons. The van der Waals surface area contributed by atoms with Crippen LogP contribution in [0.2, 0.25) is 0 Å². The second-order valence-electron chi connectivity index (χ2n) is 22.5. The maximum Gasteiger partial charge on any atom is 0.305 e. The molecular weight excluding hydrogens is 887 g/mol. The first-order valence-corrected chi connectivity index (χ1v) is 32.6. The largest absolute Gasteiger partial charge is 0.466 e. The molecule has 0 aromatic rings. The summed E-state index contributed by atoms with van der Waals surface area (Å²) < 4.78 is 5.47. The summed E-state index contributed by atoms with van der Waals surface area (Å²) in [5.41, 5.74) is 0. The second-order valence-corrected chi connectivity index (χ2v) is 22.5. The van der Waals surface area contributed by atoms with Gasteiger partial charge in [0, 0.05) is 12.8 Å². The zero-order chi connectivity index (χ0) is 52.2. The van der Waals surface area contributed by atoms with E-state index in [1.807, 2.05) is 6.08 Å². The van der Waals surface area contributed by atoms with Crippen molar-refractivity contribution in [3.8, 4) is 0 Å². The first-order chi connectivity index (χ1) is 35.5. The molecule has 0 aliphatic heterocycles. The zero-order valence-corrected chi connectivity index (χ0v) is 48.7. The maximum absolute atomic E-state index is 12.4. The Morgan fingerprint density at radius 2 is 0.667 bits per heavy atom. The lowest BCUT2D eigenvalue weighted by Crippen LogP contribution is -2.45. The van der Waals surface area contributed by atoms with Crippen LogP contribution in [0.5, 0.6) is 0 Å². The van der Waals surface area contributed by atoms with Crippen LogP contribution < -0.4 is 5.32 Å². The summed E-state index contributed by atoms with van der Waals surface area (Å²) in [6.07, 6.45) is 77.0. The molecule has 2 atom stereocenters. The Morgan fingerprint density at radius 1 is 0.375 bits per heavy atom. The first-order valence-electron chi connectivity index (χ1n) is 32.6.